The van der Waals surface area contributed by atoms with Gasteiger partial charge in [-0.25, -0.2) is 4.79 Å². The van der Waals surface area contributed by atoms with Crippen molar-refractivity contribution >= 4 is 5.97 Å². The number of hydrogen-bond donors (Lipinski definition) is 1. The highest BCUT2D eigenvalue weighted by atomic mass is 16.5. The van der Waals surface area contributed by atoms with Crippen molar-refractivity contribution in [3.63, 3.8) is 0 Å². The zero-order valence-corrected chi connectivity index (χ0v) is 19.5. The molecule has 1 fully saturated rings. The summed E-state index contributed by atoms with van der Waals surface area (Å²) in [6.07, 6.45) is 8.23. The van der Waals surface area contributed by atoms with Crippen molar-refractivity contribution in [2.24, 2.45) is 0 Å². The van der Waals surface area contributed by atoms with Gasteiger partial charge in [0.2, 0.25) is 0 Å². The average molecular weight is 421 g/mol. The normalized spacial score (nSPS) is 21.2. The van der Waals surface area contributed by atoms with Crippen LogP contribution in [0.2, 0.25) is 0 Å². The van der Waals surface area contributed by atoms with Crippen molar-refractivity contribution in [3.05, 3.63) is 64.7 Å². The number of benzene rings is 2. The largest absolute Gasteiger partial charge is 0.492 e. The number of carboxylic acids is 1. The summed E-state index contributed by atoms with van der Waals surface area (Å²) >= 11 is 0. The molecule has 0 spiro atoms. The van der Waals surface area contributed by atoms with Crippen LogP contribution in [0.4, 0.5) is 0 Å². The summed E-state index contributed by atoms with van der Waals surface area (Å²) in [5, 5.41) is 9.54. The van der Waals surface area contributed by atoms with Crippen LogP contribution >= 0.6 is 0 Å². The van der Waals surface area contributed by atoms with Crippen LogP contribution in [-0.2, 0) is 16.2 Å². The number of rotatable bonds is 5. The fourth-order valence-electron chi connectivity index (χ4n) is 5.65. The van der Waals surface area contributed by atoms with Crippen LogP contribution < -0.4 is 4.74 Å². The van der Waals surface area contributed by atoms with E-state index in [2.05, 4.69) is 45.9 Å². The predicted octanol–water partition coefficient (Wildman–Crippen LogP) is 7.01. The van der Waals surface area contributed by atoms with Gasteiger partial charge in [-0.05, 0) is 65.3 Å². The van der Waals surface area contributed by atoms with Gasteiger partial charge in [0.05, 0.1) is 6.61 Å². The minimum absolute atomic E-state index is 0.0590. The molecule has 2 aliphatic carbocycles. The molecule has 0 unspecified atom stereocenters. The van der Waals surface area contributed by atoms with E-state index >= 15 is 0 Å². The Morgan fingerprint density at radius 3 is 2.19 bits per heavy atom. The summed E-state index contributed by atoms with van der Waals surface area (Å²) in [5.41, 5.74) is 4.89. The maximum atomic E-state index is 11.6. The molecular formula is C28H36O3. The van der Waals surface area contributed by atoms with Crippen molar-refractivity contribution < 1.29 is 14.6 Å². The van der Waals surface area contributed by atoms with E-state index in [9.17, 15) is 9.90 Å². The maximum Gasteiger partial charge on any atom is 0.339 e. The van der Waals surface area contributed by atoms with Gasteiger partial charge < -0.3 is 9.84 Å². The van der Waals surface area contributed by atoms with Crippen LogP contribution in [0.15, 0.2) is 42.5 Å². The number of carbonyl (C=O) groups is 1. The zero-order chi connectivity index (χ0) is 22.3. The lowest BCUT2D eigenvalue weighted by Crippen LogP contribution is -2.38. The minimum atomic E-state index is -0.939. The monoisotopic (exact) mass is 420 g/mol. The van der Waals surface area contributed by atoms with Crippen LogP contribution in [0.1, 0.15) is 99.7 Å². The number of aromatic carboxylic acids is 1. The first-order chi connectivity index (χ1) is 14.6. The van der Waals surface area contributed by atoms with E-state index in [4.69, 9.17) is 4.74 Å². The predicted molar refractivity (Wildman–Crippen MR) is 125 cm³/mol. The number of ether oxygens (including phenoxy) is 1. The lowest BCUT2D eigenvalue weighted by molar-refractivity contribution is 0.0689. The minimum Gasteiger partial charge on any atom is -0.492 e. The van der Waals surface area contributed by atoms with Gasteiger partial charge in [-0.3, -0.25) is 0 Å². The van der Waals surface area contributed by atoms with Gasteiger partial charge in [-0.15, -0.1) is 0 Å². The maximum absolute atomic E-state index is 11.6. The third-order valence-electron chi connectivity index (χ3n) is 7.90. The molecular weight excluding hydrogens is 384 g/mol. The highest BCUT2D eigenvalue weighted by Gasteiger charge is 2.40. The smallest absolute Gasteiger partial charge is 0.339 e. The SMILES string of the molecule is CC1(C)CCC(C)(C)c2cc(C3(COc4ccccc4C(=O)O)CCCCC3)ccc21. The summed E-state index contributed by atoms with van der Waals surface area (Å²) in [5.74, 6) is -0.467. The van der Waals surface area contributed by atoms with Crippen molar-refractivity contribution in [2.45, 2.75) is 88.9 Å². The second kappa shape index (κ2) is 8.00. The quantitative estimate of drug-likeness (QED) is 0.565. The first-order valence-corrected chi connectivity index (χ1v) is 11.8. The Morgan fingerprint density at radius 1 is 0.871 bits per heavy atom. The van der Waals surface area contributed by atoms with Gasteiger partial charge in [-0.1, -0.05) is 77.3 Å². The van der Waals surface area contributed by atoms with E-state index < -0.39 is 5.97 Å². The molecule has 4 rings (SSSR count). The van der Waals surface area contributed by atoms with Crippen molar-refractivity contribution in [2.75, 3.05) is 6.61 Å². The molecule has 0 radical (unpaired) electrons. The molecule has 0 bridgehead atoms. The third kappa shape index (κ3) is 4.12. The second-order valence-corrected chi connectivity index (χ2v) is 11.0. The first kappa shape index (κ1) is 21.9. The second-order valence-electron chi connectivity index (χ2n) is 11.0. The number of para-hydroxylation sites is 1. The van der Waals surface area contributed by atoms with E-state index in [1.165, 1.54) is 48.8 Å². The fraction of sp³-hybridized carbons (Fsp3) is 0.536. The van der Waals surface area contributed by atoms with Gasteiger partial charge in [-0.2, -0.15) is 0 Å². The van der Waals surface area contributed by atoms with Crippen molar-refractivity contribution in [1.29, 1.82) is 0 Å². The Bertz CT molecular complexity index is 964. The standard InChI is InChI=1S/C28H36O3/c1-26(2)16-17-27(3,4)23-18-20(12-13-22(23)26)28(14-8-5-9-15-28)19-31-24-11-7-6-10-21(24)25(29)30/h6-7,10-13,18H,5,8-9,14-17,19H2,1-4H3,(H,29,30). The number of fused-ring (bicyclic) bond motifs is 1. The third-order valence-corrected chi connectivity index (χ3v) is 7.90. The first-order valence-electron chi connectivity index (χ1n) is 11.8. The molecule has 3 nitrogen and oxygen atoms in total. The molecule has 0 aliphatic heterocycles. The molecule has 1 N–H and O–H groups in total. The molecule has 0 heterocycles. The molecule has 0 atom stereocenters. The molecule has 0 aromatic heterocycles. The molecule has 2 aromatic carbocycles. The lowest BCUT2D eigenvalue weighted by atomic mass is 9.61. The van der Waals surface area contributed by atoms with Crippen LogP contribution in [-0.4, -0.2) is 17.7 Å². The highest BCUT2D eigenvalue weighted by Crippen LogP contribution is 2.48. The van der Waals surface area contributed by atoms with Gasteiger partial charge in [0, 0.05) is 5.41 Å². The van der Waals surface area contributed by atoms with Crippen LogP contribution in [0.3, 0.4) is 0 Å². The van der Waals surface area contributed by atoms with Gasteiger partial charge in [0.15, 0.2) is 0 Å². The highest BCUT2D eigenvalue weighted by molar-refractivity contribution is 5.90. The van der Waals surface area contributed by atoms with Crippen LogP contribution in [0.5, 0.6) is 5.75 Å². The van der Waals surface area contributed by atoms with Crippen molar-refractivity contribution in [3.8, 4) is 5.75 Å². The Labute approximate surface area is 186 Å². The summed E-state index contributed by atoms with van der Waals surface area (Å²) in [6, 6.07) is 14.2. The average Bonchev–Trinajstić information content (AvgIpc) is 2.76. The van der Waals surface area contributed by atoms with Crippen molar-refractivity contribution in [1.82, 2.24) is 0 Å². The molecule has 2 aromatic rings. The number of carboxylic acid groups (broad SMARTS) is 1. The van der Waals surface area contributed by atoms with E-state index in [1.807, 2.05) is 6.07 Å². The van der Waals surface area contributed by atoms with Crippen LogP contribution in [0.25, 0.3) is 0 Å². The Morgan fingerprint density at radius 2 is 1.52 bits per heavy atom. The Kier molecular flexibility index (Phi) is 5.66. The molecule has 166 valence electrons. The van der Waals surface area contributed by atoms with E-state index in [0.717, 1.165) is 12.8 Å². The summed E-state index contributed by atoms with van der Waals surface area (Å²) in [6.45, 7) is 10.0. The van der Waals surface area contributed by atoms with E-state index in [-0.39, 0.29) is 21.8 Å². The summed E-state index contributed by atoms with van der Waals surface area (Å²) < 4.78 is 6.25. The van der Waals surface area contributed by atoms with E-state index in [0.29, 0.717) is 12.4 Å². The molecule has 3 heteroatoms. The van der Waals surface area contributed by atoms with E-state index in [1.54, 1.807) is 18.2 Å². The molecule has 0 amide bonds. The Hall–Kier alpha value is -2.29. The van der Waals surface area contributed by atoms with Gasteiger partial charge >= 0.3 is 5.97 Å². The molecule has 31 heavy (non-hydrogen) atoms. The number of hydrogen-bond acceptors (Lipinski definition) is 2. The zero-order valence-electron chi connectivity index (χ0n) is 19.5. The lowest BCUT2D eigenvalue weighted by Gasteiger charge is -2.44. The topological polar surface area (TPSA) is 46.5 Å². The molecule has 0 saturated heterocycles. The Balaban J connectivity index is 1.71. The van der Waals surface area contributed by atoms with Gasteiger partial charge in [0.25, 0.3) is 0 Å². The molecule has 1 saturated carbocycles. The van der Waals surface area contributed by atoms with Gasteiger partial charge in [0.1, 0.15) is 11.3 Å². The molecule has 2 aliphatic rings. The fourth-order valence-corrected chi connectivity index (χ4v) is 5.65. The summed E-state index contributed by atoms with van der Waals surface area (Å²) in [4.78, 5) is 11.6. The summed E-state index contributed by atoms with van der Waals surface area (Å²) in [7, 11) is 0. The van der Waals surface area contributed by atoms with Crippen LogP contribution in [0, 0.1) is 0 Å².